The van der Waals surface area contributed by atoms with Crippen molar-refractivity contribution in [3.05, 3.63) is 63.0 Å². The van der Waals surface area contributed by atoms with Crippen molar-refractivity contribution in [2.75, 3.05) is 7.11 Å². The first-order valence-electron chi connectivity index (χ1n) is 6.31. The van der Waals surface area contributed by atoms with Crippen molar-refractivity contribution in [3.63, 3.8) is 0 Å². The number of hydrogen-bond acceptors (Lipinski definition) is 3. The third-order valence-corrected chi connectivity index (χ3v) is 3.95. The van der Waals surface area contributed by atoms with E-state index in [1.165, 1.54) is 19.2 Å². The molecule has 0 heterocycles. The smallest absolute Gasteiger partial charge is 0.310 e. The summed E-state index contributed by atoms with van der Waals surface area (Å²) in [5, 5.41) is 0. The van der Waals surface area contributed by atoms with E-state index < -0.39 is 0 Å². The highest BCUT2D eigenvalue weighted by atomic mass is 127. The average Bonchev–Trinajstić information content (AvgIpc) is 2.49. The van der Waals surface area contributed by atoms with Gasteiger partial charge in [-0.1, -0.05) is 12.1 Å². The van der Waals surface area contributed by atoms with Gasteiger partial charge in [-0.05, 0) is 64.0 Å². The largest absolute Gasteiger partial charge is 0.489 e. The van der Waals surface area contributed by atoms with Crippen LogP contribution in [-0.2, 0) is 22.6 Å². The molecule has 0 atom stereocenters. The minimum absolute atomic E-state index is 0.211. The highest BCUT2D eigenvalue weighted by Crippen LogP contribution is 2.21. The molecule has 2 aromatic carbocycles. The minimum atomic E-state index is -0.288. The van der Waals surface area contributed by atoms with Gasteiger partial charge >= 0.3 is 5.97 Å². The van der Waals surface area contributed by atoms with Gasteiger partial charge in [0.05, 0.1) is 13.5 Å². The Morgan fingerprint density at radius 1 is 1.19 bits per heavy atom. The lowest BCUT2D eigenvalue weighted by molar-refractivity contribution is -0.139. The lowest BCUT2D eigenvalue weighted by atomic mass is 10.1. The van der Waals surface area contributed by atoms with Crippen molar-refractivity contribution >= 4 is 28.6 Å². The van der Waals surface area contributed by atoms with Gasteiger partial charge in [0.1, 0.15) is 18.2 Å². The molecule has 2 aromatic rings. The molecule has 0 bridgehead atoms. The number of benzene rings is 2. The molecular weight excluding hydrogens is 386 g/mol. The fraction of sp³-hybridized carbons (Fsp3) is 0.188. The number of carbonyl (C=O) groups is 1. The van der Waals surface area contributed by atoms with E-state index in [1.807, 2.05) is 18.2 Å². The molecule has 0 aromatic heterocycles. The molecule has 0 aliphatic heterocycles. The van der Waals surface area contributed by atoms with Crippen molar-refractivity contribution in [2.24, 2.45) is 0 Å². The van der Waals surface area contributed by atoms with Crippen LogP contribution >= 0.6 is 22.6 Å². The van der Waals surface area contributed by atoms with Gasteiger partial charge in [-0.25, -0.2) is 4.39 Å². The monoisotopic (exact) mass is 400 g/mol. The van der Waals surface area contributed by atoms with E-state index in [1.54, 1.807) is 12.1 Å². The van der Waals surface area contributed by atoms with E-state index in [2.05, 4.69) is 27.3 Å². The number of rotatable bonds is 5. The summed E-state index contributed by atoms with van der Waals surface area (Å²) in [5.74, 6) is 0.107. The number of carbonyl (C=O) groups excluding carboxylic acids is 1. The summed E-state index contributed by atoms with van der Waals surface area (Å²) in [4.78, 5) is 11.4. The van der Waals surface area contributed by atoms with E-state index in [9.17, 15) is 9.18 Å². The van der Waals surface area contributed by atoms with Gasteiger partial charge in [0.2, 0.25) is 0 Å². The molecule has 0 N–H and O–H groups in total. The number of methoxy groups -OCH3 is 1. The second-order valence-electron chi connectivity index (χ2n) is 4.42. The van der Waals surface area contributed by atoms with Crippen LogP contribution in [0, 0.1) is 9.39 Å². The summed E-state index contributed by atoms with van der Waals surface area (Å²) in [5.41, 5.74) is 1.74. The molecule has 5 heteroatoms. The Morgan fingerprint density at radius 2 is 1.90 bits per heavy atom. The van der Waals surface area contributed by atoms with Crippen molar-refractivity contribution in [2.45, 2.75) is 13.0 Å². The second kappa shape index (κ2) is 7.40. The zero-order valence-electron chi connectivity index (χ0n) is 11.4. The highest BCUT2D eigenvalue weighted by molar-refractivity contribution is 14.1. The summed E-state index contributed by atoms with van der Waals surface area (Å²) >= 11 is 2.17. The topological polar surface area (TPSA) is 35.5 Å². The Morgan fingerprint density at radius 3 is 2.57 bits per heavy atom. The van der Waals surface area contributed by atoms with E-state index >= 15 is 0 Å². The number of hydrogen-bond donors (Lipinski definition) is 0. The summed E-state index contributed by atoms with van der Waals surface area (Å²) in [6.45, 7) is 0.346. The molecule has 0 aliphatic carbocycles. The molecule has 0 fully saturated rings. The van der Waals surface area contributed by atoms with Crippen LogP contribution in [0.25, 0.3) is 0 Å². The minimum Gasteiger partial charge on any atom is -0.489 e. The fourth-order valence-corrected chi connectivity index (χ4v) is 2.28. The maximum absolute atomic E-state index is 12.8. The molecule has 0 aliphatic rings. The van der Waals surface area contributed by atoms with Crippen molar-refractivity contribution in [1.29, 1.82) is 0 Å². The van der Waals surface area contributed by atoms with Crippen molar-refractivity contribution < 1.29 is 18.7 Å². The standard InChI is InChI=1S/C16H14FIO3/c1-20-16(19)9-12-8-14(6-7-15(12)18)21-10-11-2-4-13(17)5-3-11/h2-8H,9-10H2,1H3. The molecule has 0 saturated carbocycles. The fourth-order valence-electron chi connectivity index (χ4n) is 1.75. The third-order valence-electron chi connectivity index (χ3n) is 2.90. The van der Waals surface area contributed by atoms with Crippen molar-refractivity contribution in [1.82, 2.24) is 0 Å². The van der Waals surface area contributed by atoms with E-state index in [0.29, 0.717) is 12.4 Å². The quantitative estimate of drug-likeness (QED) is 0.567. The zero-order valence-corrected chi connectivity index (χ0v) is 13.6. The average molecular weight is 400 g/mol. The molecule has 0 unspecified atom stereocenters. The van der Waals surface area contributed by atoms with Crippen LogP contribution in [0.4, 0.5) is 4.39 Å². The van der Waals surface area contributed by atoms with E-state index in [-0.39, 0.29) is 18.2 Å². The van der Waals surface area contributed by atoms with Crippen LogP contribution in [0.1, 0.15) is 11.1 Å². The van der Waals surface area contributed by atoms with Crippen LogP contribution in [0.15, 0.2) is 42.5 Å². The van der Waals surface area contributed by atoms with Crippen LogP contribution in [-0.4, -0.2) is 13.1 Å². The Labute approximate surface area is 136 Å². The SMILES string of the molecule is COC(=O)Cc1cc(OCc2ccc(F)cc2)ccc1I. The molecule has 21 heavy (non-hydrogen) atoms. The Balaban J connectivity index is 2.04. The van der Waals surface area contributed by atoms with Gasteiger partial charge in [-0.3, -0.25) is 4.79 Å². The number of halogens is 2. The second-order valence-corrected chi connectivity index (χ2v) is 5.58. The van der Waals surface area contributed by atoms with E-state index in [0.717, 1.165) is 14.7 Å². The van der Waals surface area contributed by atoms with Gasteiger partial charge in [-0.15, -0.1) is 0 Å². The first-order valence-corrected chi connectivity index (χ1v) is 7.39. The first kappa shape index (κ1) is 15.8. The first-order chi connectivity index (χ1) is 10.1. The van der Waals surface area contributed by atoms with E-state index in [4.69, 9.17) is 4.74 Å². The Kier molecular flexibility index (Phi) is 5.55. The molecule has 0 saturated heterocycles. The predicted molar refractivity (Wildman–Crippen MR) is 85.6 cm³/mol. The summed E-state index contributed by atoms with van der Waals surface area (Å²) in [7, 11) is 1.37. The molecule has 0 spiro atoms. The number of ether oxygens (including phenoxy) is 2. The van der Waals surface area contributed by atoms with Gasteiger partial charge in [0, 0.05) is 3.57 Å². The lowest BCUT2D eigenvalue weighted by Crippen LogP contribution is -2.06. The van der Waals surface area contributed by atoms with Crippen LogP contribution in [0.3, 0.4) is 0 Å². The highest BCUT2D eigenvalue weighted by Gasteiger charge is 2.08. The molecule has 110 valence electrons. The maximum Gasteiger partial charge on any atom is 0.310 e. The number of esters is 1. The van der Waals surface area contributed by atoms with Gasteiger partial charge < -0.3 is 9.47 Å². The summed E-state index contributed by atoms with van der Waals surface area (Å²) in [6, 6.07) is 11.7. The molecule has 0 radical (unpaired) electrons. The molecule has 0 amide bonds. The zero-order chi connectivity index (χ0) is 15.2. The normalized spacial score (nSPS) is 10.2. The van der Waals surface area contributed by atoms with Crippen molar-refractivity contribution in [3.8, 4) is 5.75 Å². The third kappa shape index (κ3) is 4.70. The van der Waals surface area contributed by atoms with Gasteiger partial charge in [-0.2, -0.15) is 0 Å². The summed E-state index contributed by atoms with van der Waals surface area (Å²) in [6.07, 6.45) is 0.211. The Hall–Kier alpha value is -1.63. The van der Waals surface area contributed by atoms with Gasteiger partial charge in [0.25, 0.3) is 0 Å². The molecule has 3 nitrogen and oxygen atoms in total. The van der Waals surface area contributed by atoms with Crippen LogP contribution in [0.5, 0.6) is 5.75 Å². The summed E-state index contributed by atoms with van der Waals surface area (Å²) < 4.78 is 24.1. The maximum atomic E-state index is 12.8. The Bertz CT molecular complexity index is 626. The molecular formula is C16H14FIO3. The predicted octanol–water partition coefficient (Wildman–Crippen LogP) is 3.72. The van der Waals surface area contributed by atoms with Crippen LogP contribution in [0.2, 0.25) is 0 Å². The van der Waals surface area contributed by atoms with Crippen LogP contribution < -0.4 is 4.74 Å². The van der Waals surface area contributed by atoms with Gasteiger partial charge in [0.15, 0.2) is 0 Å². The molecule has 2 rings (SSSR count). The lowest BCUT2D eigenvalue weighted by Gasteiger charge is -2.09.